The Morgan fingerprint density at radius 1 is 1.24 bits per heavy atom. The fourth-order valence-corrected chi connectivity index (χ4v) is 2.21. The molecule has 2 aromatic rings. The highest BCUT2D eigenvalue weighted by molar-refractivity contribution is 5.75. The molecule has 21 heavy (non-hydrogen) atoms. The fraction of sp³-hybridized carbons (Fsp3) is 0.500. The first-order valence-electron chi connectivity index (χ1n) is 6.80. The van der Waals surface area contributed by atoms with E-state index >= 15 is 0 Å². The molecule has 0 bridgehead atoms. The largest absolute Gasteiger partial charge is 0.411 e. The van der Waals surface area contributed by atoms with Crippen LogP contribution in [0.4, 0.5) is 13.2 Å². The van der Waals surface area contributed by atoms with E-state index in [4.69, 9.17) is 5.73 Å². The zero-order valence-electron chi connectivity index (χ0n) is 11.6. The van der Waals surface area contributed by atoms with Crippen LogP contribution in [0.1, 0.15) is 12.2 Å². The molecule has 2 rings (SSSR count). The van der Waals surface area contributed by atoms with Crippen LogP contribution in [0.5, 0.6) is 0 Å². The number of alkyl halides is 3. The summed E-state index contributed by atoms with van der Waals surface area (Å²) >= 11 is 0. The number of aryl methyl sites for hydroxylation is 1. The van der Waals surface area contributed by atoms with Crippen molar-refractivity contribution in [1.29, 1.82) is 0 Å². The lowest BCUT2D eigenvalue weighted by atomic mass is 10.3. The van der Waals surface area contributed by atoms with Crippen molar-refractivity contribution in [3.8, 4) is 0 Å². The summed E-state index contributed by atoms with van der Waals surface area (Å²) in [5.74, 6) is 0.856. The zero-order valence-corrected chi connectivity index (χ0v) is 11.6. The Balaban J connectivity index is 1.98. The Bertz CT molecular complexity index is 580. The van der Waals surface area contributed by atoms with Gasteiger partial charge >= 0.3 is 6.18 Å². The van der Waals surface area contributed by atoms with Crippen molar-refractivity contribution in [2.75, 3.05) is 19.8 Å². The van der Waals surface area contributed by atoms with Gasteiger partial charge in [-0.15, -0.1) is 0 Å². The van der Waals surface area contributed by atoms with Gasteiger partial charge in [0, 0.05) is 19.6 Å². The van der Waals surface area contributed by atoms with Gasteiger partial charge in [0.1, 0.15) is 12.4 Å². The molecular formula is C14H18F3N3O. The van der Waals surface area contributed by atoms with Gasteiger partial charge in [0.2, 0.25) is 0 Å². The third-order valence-electron chi connectivity index (χ3n) is 3.04. The third-order valence-corrected chi connectivity index (χ3v) is 3.04. The summed E-state index contributed by atoms with van der Waals surface area (Å²) in [6, 6.07) is 7.66. The van der Waals surface area contributed by atoms with Crippen LogP contribution in [-0.2, 0) is 17.7 Å². The standard InChI is InChI=1S/C14H18F3N3O/c15-14(16,17)10-21-9-3-8-20-12-5-2-1-4-11(12)19-13(20)6-7-18/h1-2,4-5H,3,6-10,18H2. The molecule has 1 aromatic heterocycles. The molecule has 0 atom stereocenters. The van der Waals surface area contributed by atoms with E-state index in [1.807, 2.05) is 28.8 Å². The minimum absolute atomic E-state index is 0.0636. The molecular weight excluding hydrogens is 283 g/mol. The summed E-state index contributed by atoms with van der Waals surface area (Å²) in [6.07, 6.45) is -3.14. The van der Waals surface area contributed by atoms with Gasteiger partial charge in [-0.2, -0.15) is 13.2 Å². The number of ether oxygens (including phenoxy) is 1. The molecule has 116 valence electrons. The van der Waals surface area contributed by atoms with Crippen molar-refractivity contribution in [1.82, 2.24) is 9.55 Å². The second-order valence-corrected chi connectivity index (χ2v) is 4.73. The SMILES string of the molecule is NCCc1nc2ccccc2n1CCCOCC(F)(F)F. The number of nitrogens with two attached hydrogens (primary N) is 1. The number of fused-ring (bicyclic) bond motifs is 1. The first-order valence-corrected chi connectivity index (χ1v) is 6.80. The number of aromatic nitrogens is 2. The Morgan fingerprint density at radius 2 is 2.00 bits per heavy atom. The van der Waals surface area contributed by atoms with Crippen molar-refractivity contribution >= 4 is 11.0 Å². The monoisotopic (exact) mass is 301 g/mol. The minimum Gasteiger partial charge on any atom is -0.372 e. The molecule has 0 aliphatic carbocycles. The van der Waals surface area contributed by atoms with Crippen LogP contribution < -0.4 is 5.73 Å². The van der Waals surface area contributed by atoms with E-state index in [-0.39, 0.29) is 6.61 Å². The Kier molecular flexibility index (Phi) is 5.19. The molecule has 2 N–H and O–H groups in total. The molecule has 0 spiro atoms. The second-order valence-electron chi connectivity index (χ2n) is 4.73. The molecule has 0 saturated heterocycles. The van der Waals surface area contributed by atoms with Gasteiger partial charge in [-0.3, -0.25) is 0 Å². The highest BCUT2D eigenvalue weighted by Crippen LogP contribution is 2.17. The molecule has 4 nitrogen and oxygen atoms in total. The lowest BCUT2D eigenvalue weighted by Gasteiger charge is -2.10. The Hall–Kier alpha value is -1.60. The van der Waals surface area contributed by atoms with Crippen molar-refractivity contribution in [3.05, 3.63) is 30.1 Å². The summed E-state index contributed by atoms with van der Waals surface area (Å²) < 4.78 is 42.5. The van der Waals surface area contributed by atoms with E-state index in [9.17, 15) is 13.2 Å². The van der Waals surface area contributed by atoms with Crippen molar-refractivity contribution in [3.63, 3.8) is 0 Å². The molecule has 0 aliphatic heterocycles. The van der Waals surface area contributed by atoms with Crippen molar-refractivity contribution in [2.24, 2.45) is 5.73 Å². The Labute approximate surface area is 120 Å². The van der Waals surface area contributed by atoms with Gasteiger partial charge in [0.15, 0.2) is 0 Å². The number of hydrogen-bond donors (Lipinski definition) is 1. The quantitative estimate of drug-likeness (QED) is 0.800. The maximum absolute atomic E-state index is 12.0. The van der Waals surface area contributed by atoms with Gasteiger partial charge in [0.05, 0.1) is 11.0 Å². The average molecular weight is 301 g/mol. The fourth-order valence-electron chi connectivity index (χ4n) is 2.21. The molecule has 0 saturated carbocycles. The van der Waals surface area contributed by atoms with Gasteiger partial charge in [-0.1, -0.05) is 12.1 Å². The average Bonchev–Trinajstić information content (AvgIpc) is 2.76. The lowest BCUT2D eigenvalue weighted by molar-refractivity contribution is -0.174. The molecule has 0 unspecified atom stereocenters. The second kappa shape index (κ2) is 6.91. The highest BCUT2D eigenvalue weighted by atomic mass is 19.4. The summed E-state index contributed by atoms with van der Waals surface area (Å²) in [6.45, 7) is -0.0942. The number of halogens is 3. The first kappa shape index (κ1) is 15.8. The predicted molar refractivity (Wildman–Crippen MR) is 74.0 cm³/mol. The summed E-state index contributed by atoms with van der Waals surface area (Å²) in [7, 11) is 0. The number of imidazole rings is 1. The van der Waals surface area contributed by atoms with Crippen LogP contribution in [0, 0.1) is 0 Å². The molecule has 1 aromatic carbocycles. The predicted octanol–water partition coefficient (Wildman–Crippen LogP) is 2.51. The maximum Gasteiger partial charge on any atom is 0.411 e. The van der Waals surface area contributed by atoms with Gasteiger partial charge in [-0.25, -0.2) is 4.98 Å². The van der Waals surface area contributed by atoms with E-state index < -0.39 is 12.8 Å². The van der Waals surface area contributed by atoms with Gasteiger partial charge in [-0.05, 0) is 25.1 Å². The van der Waals surface area contributed by atoms with Gasteiger partial charge < -0.3 is 15.0 Å². The Morgan fingerprint density at radius 3 is 2.71 bits per heavy atom. The molecule has 0 radical (unpaired) electrons. The first-order chi connectivity index (χ1) is 10.0. The van der Waals surface area contributed by atoms with Gasteiger partial charge in [0.25, 0.3) is 0 Å². The van der Waals surface area contributed by atoms with Crippen LogP contribution in [0.25, 0.3) is 11.0 Å². The van der Waals surface area contributed by atoms with Crippen LogP contribution >= 0.6 is 0 Å². The maximum atomic E-state index is 12.0. The number of rotatable bonds is 7. The molecule has 1 heterocycles. The smallest absolute Gasteiger partial charge is 0.372 e. The van der Waals surface area contributed by atoms with E-state index in [2.05, 4.69) is 9.72 Å². The molecule has 0 amide bonds. The number of benzene rings is 1. The van der Waals surface area contributed by atoms with E-state index in [0.717, 1.165) is 16.9 Å². The number of hydrogen-bond acceptors (Lipinski definition) is 3. The third kappa shape index (κ3) is 4.44. The van der Waals surface area contributed by atoms with Crippen molar-refractivity contribution < 1.29 is 17.9 Å². The summed E-state index contributed by atoms with van der Waals surface area (Å²) in [4.78, 5) is 4.50. The van der Waals surface area contributed by atoms with Crippen molar-refractivity contribution in [2.45, 2.75) is 25.6 Å². The normalized spacial score (nSPS) is 12.2. The van der Waals surface area contributed by atoms with Crippen LogP contribution in [0.2, 0.25) is 0 Å². The minimum atomic E-state index is -4.27. The van der Waals surface area contributed by atoms with E-state index in [1.165, 1.54) is 0 Å². The zero-order chi connectivity index (χ0) is 15.3. The summed E-state index contributed by atoms with van der Waals surface area (Å²) in [5.41, 5.74) is 7.41. The van der Waals surface area contributed by atoms with Crippen LogP contribution in [-0.4, -0.2) is 35.5 Å². The molecule has 0 fully saturated rings. The highest BCUT2D eigenvalue weighted by Gasteiger charge is 2.27. The number of para-hydroxylation sites is 2. The topological polar surface area (TPSA) is 53.1 Å². The van der Waals surface area contributed by atoms with E-state index in [0.29, 0.717) is 25.9 Å². The van der Waals surface area contributed by atoms with Crippen LogP contribution in [0.3, 0.4) is 0 Å². The van der Waals surface area contributed by atoms with E-state index in [1.54, 1.807) is 0 Å². The number of nitrogens with zero attached hydrogens (tertiary/aromatic N) is 2. The lowest BCUT2D eigenvalue weighted by Crippen LogP contribution is -2.18. The van der Waals surface area contributed by atoms with Crippen LogP contribution in [0.15, 0.2) is 24.3 Å². The molecule has 0 aliphatic rings. The molecule has 7 heteroatoms. The summed E-state index contributed by atoms with van der Waals surface area (Å²) in [5, 5.41) is 0.